The van der Waals surface area contributed by atoms with E-state index in [0.717, 1.165) is 12.1 Å². The highest BCUT2D eigenvalue weighted by molar-refractivity contribution is 5.83. The molecule has 2 saturated heterocycles. The highest BCUT2D eigenvalue weighted by atomic mass is 16.5. The Kier molecular flexibility index (Phi) is 4.39. The Bertz CT molecular complexity index is 592. The Morgan fingerprint density at radius 2 is 2.13 bits per heavy atom. The largest absolute Gasteiger partial charge is 0.370 e. The molecule has 3 heterocycles. The minimum absolute atomic E-state index is 0.0126. The van der Waals surface area contributed by atoms with Gasteiger partial charge in [-0.25, -0.2) is 0 Å². The first kappa shape index (κ1) is 16.0. The van der Waals surface area contributed by atoms with E-state index in [1.165, 1.54) is 6.92 Å². The summed E-state index contributed by atoms with van der Waals surface area (Å²) in [5.74, 6) is -0.0641. The molecular formula is C16H24N4O3. The number of amides is 2. The lowest BCUT2D eigenvalue weighted by Crippen LogP contribution is -2.56. The van der Waals surface area contributed by atoms with Gasteiger partial charge in [0.1, 0.15) is 6.10 Å². The van der Waals surface area contributed by atoms with Crippen molar-refractivity contribution in [2.75, 3.05) is 19.7 Å². The summed E-state index contributed by atoms with van der Waals surface area (Å²) in [6.45, 7) is 7.34. The minimum Gasteiger partial charge on any atom is -0.370 e. The van der Waals surface area contributed by atoms with Crippen molar-refractivity contribution >= 4 is 11.8 Å². The molecule has 7 nitrogen and oxygen atoms in total. The van der Waals surface area contributed by atoms with E-state index in [-0.39, 0.29) is 35.9 Å². The second-order valence-corrected chi connectivity index (χ2v) is 6.61. The van der Waals surface area contributed by atoms with E-state index in [0.29, 0.717) is 19.7 Å². The molecule has 0 saturated carbocycles. The molecule has 2 amide bonds. The number of likely N-dealkylation sites (tertiary alicyclic amines) is 1. The molecule has 2 aliphatic heterocycles. The lowest BCUT2D eigenvalue weighted by atomic mass is 9.97. The lowest BCUT2D eigenvalue weighted by molar-refractivity contribution is -0.141. The average molecular weight is 320 g/mol. The number of ether oxygens (including phenoxy) is 1. The van der Waals surface area contributed by atoms with Gasteiger partial charge in [-0.3, -0.25) is 14.3 Å². The van der Waals surface area contributed by atoms with Crippen molar-refractivity contribution in [1.82, 2.24) is 20.0 Å². The van der Waals surface area contributed by atoms with Crippen LogP contribution < -0.4 is 5.32 Å². The van der Waals surface area contributed by atoms with Crippen LogP contribution in [-0.4, -0.2) is 52.2 Å². The number of hydrogen-bond donors (Lipinski definition) is 1. The SMILES string of the molecule is CC(=O)N1CC(C(=O)N[C@H]2CCO[C@@H]2c2ccnn2C(C)C)C1. The fourth-order valence-electron chi connectivity index (χ4n) is 3.21. The van der Waals surface area contributed by atoms with E-state index in [4.69, 9.17) is 4.74 Å². The number of nitrogens with one attached hydrogen (secondary N) is 1. The van der Waals surface area contributed by atoms with Crippen LogP contribution in [0.4, 0.5) is 0 Å². The Morgan fingerprint density at radius 1 is 1.39 bits per heavy atom. The molecule has 3 rings (SSSR count). The molecule has 1 aromatic rings. The van der Waals surface area contributed by atoms with Gasteiger partial charge in [-0.1, -0.05) is 0 Å². The topological polar surface area (TPSA) is 76.5 Å². The van der Waals surface area contributed by atoms with Crippen molar-refractivity contribution < 1.29 is 14.3 Å². The predicted molar refractivity (Wildman–Crippen MR) is 83.6 cm³/mol. The number of rotatable bonds is 4. The Morgan fingerprint density at radius 3 is 2.78 bits per heavy atom. The molecule has 0 bridgehead atoms. The molecular weight excluding hydrogens is 296 g/mol. The van der Waals surface area contributed by atoms with Crippen molar-refractivity contribution in [3.05, 3.63) is 18.0 Å². The maximum atomic E-state index is 12.4. The lowest BCUT2D eigenvalue weighted by Gasteiger charge is -2.38. The van der Waals surface area contributed by atoms with E-state index in [1.807, 2.05) is 10.7 Å². The summed E-state index contributed by atoms with van der Waals surface area (Å²) in [5.41, 5.74) is 1.00. The van der Waals surface area contributed by atoms with E-state index < -0.39 is 0 Å². The molecule has 1 aromatic heterocycles. The first-order valence-corrected chi connectivity index (χ1v) is 8.18. The summed E-state index contributed by atoms with van der Waals surface area (Å²) in [4.78, 5) is 25.2. The Hall–Kier alpha value is -1.89. The van der Waals surface area contributed by atoms with Crippen LogP contribution in [0.3, 0.4) is 0 Å². The second kappa shape index (κ2) is 6.31. The van der Waals surface area contributed by atoms with Crippen LogP contribution in [0.25, 0.3) is 0 Å². The summed E-state index contributed by atoms with van der Waals surface area (Å²) < 4.78 is 7.79. The van der Waals surface area contributed by atoms with Crippen molar-refractivity contribution in [2.24, 2.45) is 5.92 Å². The molecule has 126 valence electrons. The molecule has 0 radical (unpaired) electrons. The molecule has 0 aliphatic carbocycles. The van der Waals surface area contributed by atoms with Gasteiger partial charge < -0.3 is 15.0 Å². The van der Waals surface area contributed by atoms with E-state index >= 15 is 0 Å². The molecule has 7 heteroatoms. The van der Waals surface area contributed by atoms with Crippen molar-refractivity contribution in [2.45, 2.75) is 45.4 Å². The Labute approximate surface area is 136 Å². The number of carbonyl (C=O) groups excluding carboxylic acids is 2. The van der Waals surface area contributed by atoms with Gasteiger partial charge in [0.25, 0.3) is 0 Å². The van der Waals surface area contributed by atoms with Crippen LogP contribution >= 0.6 is 0 Å². The highest BCUT2D eigenvalue weighted by Gasteiger charge is 2.38. The standard InChI is InChI=1S/C16H24N4O3/c1-10(2)20-14(4-6-17-20)15-13(5-7-23-15)18-16(22)12-8-19(9-12)11(3)21/h4,6,10,12-13,15H,5,7-9H2,1-3H3,(H,18,22)/t13-,15-/m0/s1. The van der Waals surface area contributed by atoms with Gasteiger partial charge in [0.2, 0.25) is 11.8 Å². The van der Waals surface area contributed by atoms with Crippen LogP contribution in [0.1, 0.15) is 45.0 Å². The van der Waals surface area contributed by atoms with E-state index in [9.17, 15) is 9.59 Å². The average Bonchev–Trinajstić information content (AvgIpc) is 3.03. The van der Waals surface area contributed by atoms with Crippen LogP contribution in [0.5, 0.6) is 0 Å². The van der Waals surface area contributed by atoms with Crippen molar-refractivity contribution in [3.63, 3.8) is 0 Å². The zero-order chi connectivity index (χ0) is 16.6. The van der Waals surface area contributed by atoms with Crippen molar-refractivity contribution in [1.29, 1.82) is 0 Å². The second-order valence-electron chi connectivity index (χ2n) is 6.61. The van der Waals surface area contributed by atoms with Crippen LogP contribution in [0, 0.1) is 5.92 Å². The molecule has 1 N–H and O–H groups in total. The van der Waals surface area contributed by atoms with Gasteiger partial charge >= 0.3 is 0 Å². The molecule has 2 fully saturated rings. The third kappa shape index (κ3) is 3.10. The molecule has 0 spiro atoms. The molecule has 0 unspecified atom stereocenters. The van der Waals surface area contributed by atoms with Crippen molar-refractivity contribution in [3.8, 4) is 0 Å². The van der Waals surface area contributed by atoms with E-state index in [2.05, 4.69) is 24.3 Å². The fraction of sp³-hybridized carbons (Fsp3) is 0.688. The quantitative estimate of drug-likeness (QED) is 0.894. The normalized spacial score (nSPS) is 24.8. The molecule has 0 aromatic carbocycles. The van der Waals surface area contributed by atoms with Gasteiger partial charge in [0.05, 0.1) is 17.7 Å². The number of aromatic nitrogens is 2. The van der Waals surface area contributed by atoms with Gasteiger partial charge in [-0.05, 0) is 26.3 Å². The number of carbonyl (C=O) groups is 2. The summed E-state index contributed by atoms with van der Waals surface area (Å²) >= 11 is 0. The molecule has 2 atom stereocenters. The maximum absolute atomic E-state index is 12.4. The Balaban J connectivity index is 1.62. The third-order valence-corrected chi connectivity index (χ3v) is 4.60. The van der Waals surface area contributed by atoms with Crippen LogP contribution in [0.2, 0.25) is 0 Å². The third-order valence-electron chi connectivity index (χ3n) is 4.60. The predicted octanol–water partition coefficient (Wildman–Crippen LogP) is 0.888. The van der Waals surface area contributed by atoms with Gasteiger partial charge in [0.15, 0.2) is 0 Å². The van der Waals surface area contributed by atoms with Gasteiger partial charge in [-0.2, -0.15) is 5.10 Å². The zero-order valence-electron chi connectivity index (χ0n) is 13.9. The number of nitrogens with zero attached hydrogens (tertiary/aromatic N) is 3. The monoisotopic (exact) mass is 320 g/mol. The maximum Gasteiger partial charge on any atom is 0.227 e. The summed E-state index contributed by atoms with van der Waals surface area (Å²) in [6, 6.07) is 2.16. The molecule has 2 aliphatic rings. The first-order valence-electron chi connectivity index (χ1n) is 8.18. The minimum atomic E-state index is -0.159. The highest BCUT2D eigenvalue weighted by Crippen LogP contribution is 2.31. The summed E-state index contributed by atoms with van der Waals surface area (Å²) in [5, 5.41) is 7.45. The summed E-state index contributed by atoms with van der Waals surface area (Å²) in [6.07, 6.45) is 2.41. The summed E-state index contributed by atoms with van der Waals surface area (Å²) in [7, 11) is 0. The fourth-order valence-corrected chi connectivity index (χ4v) is 3.21. The zero-order valence-corrected chi connectivity index (χ0v) is 13.9. The van der Waals surface area contributed by atoms with Gasteiger partial charge in [0, 0.05) is 38.9 Å². The van der Waals surface area contributed by atoms with Gasteiger partial charge in [-0.15, -0.1) is 0 Å². The van der Waals surface area contributed by atoms with Crippen LogP contribution in [-0.2, 0) is 14.3 Å². The van der Waals surface area contributed by atoms with Crippen LogP contribution in [0.15, 0.2) is 12.3 Å². The smallest absolute Gasteiger partial charge is 0.227 e. The first-order chi connectivity index (χ1) is 11.0. The molecule has 23 heavy (non-hydrogen) atoms. The number of hydrogen-bond acceptors (Lipinski definition) is 4. The van der Waals surface area contributed by atoms with E-state index in [1.54, 1.807) is 11.1 Å².